The minimum atomic E-state index is 0. The molecule has 1 aromatic rings. The van der Waals surface area contributed by atoms with E-state index in [0.717, 1.165) is 0 Å². The molecule has 0 aliphatic rings. The Morgan fingerprint density at radius 1 is 1.38 bits per heavy atom. The zero-order valence-electron chi connectivity index (χ0n) is 4.28. The minimum Gasteiger partial charge on any atom is 0 e. The van der Waals surface area contributed by atoms with Crippen molar-refractivity contribution in [1.82, 2.24) is 4.98 Å². The van der Waals surface area contributed by atoms with Crippen LogP contribution >= 0.6 is 0 Å². The van der Waals surface area contributed by atoms with E-state index in [-0.39, 0.29) is 32.7 Å². The van der Waals surface area contributed by atoms with Crippen molar-refractivity contribution in [2.45, 2.75) is 0 Å². The Hall–Kier alpha value is 1.14. The molecular weight excluding hydrogens is 372 g/mol. The fraction of sp³-hybridized carbons (Fsp3) is 0. The number of hydrogen-bond acceptors (Lipinski definition) is 1. The van der Waals surface area contributed by atoms with Gasteiger partial charge in [-0.25, -0.2) is 0 Å². The van der Waals surface area contributed by atoms with Gasteiger partial charge < -0.3 is 0 Å². The third kappa shape index (κ3) is 3.22. The third-order valence-corrected chi connectivity index (χ3v) is 1.68. The van der Waals surface area contributed by atoms with E-state index in [1.807, 2.05) is 24.4 Å². The molecule has 3 heteroatoms. The van der Waals surface area contributed by atoms with Crippen LogP contribution in [0.25, 0.3) is 0 Å². The number of aromatic nitrogens is 1. The molecule has 0 aromatic carbocycles. The van der Waals surface area contributed by atoms with Crippen molar-refractivity contribution < 1.29 is 32.7 Å². The van der Waals surface area contributed by atoms with E-state index < -0.39 is 0 Å². The Morgan fingerprint density at radius 2 is 2.12 bits per heavy atom. The Kier molecular flexibility index (Phi) is 5.67. The van der Waals surface area contributed by atoms with Gasteiger partial charge in [0.25, 0.3) is 0 Å². The molecule has 37 valence electrons. The SMILES string of the molecule is [Bi][c]1ccccn1.[Y]. The summed E-state index contributed by atoms with van der Waals surface area (Å²) in [5, 5.41) is 0. The van der Waals surface area contributed by atoms with Crippen LogP contribution in [0.5, 0.6) is 0 Å². The first-order valence-corrected chi connectivity index (χ1v) is 3.73. The van der Waals surface area contributed by atoms with Crippen molar-refractivity contribution in [3.8, 4) is 0 Å². The normalized spacial score (nSPS) is 7.62. The van der Waals surface area contributed by atoms with Gasteiger partial charge in [-0.3, -0.25) is 0 Å². The molecule has 0 spiro atoms. The molecule has 0 bridgehead atoms. The van der Waals surface area contributed by atoms with Crippen LogP contribution in [0, 0.1) is 0 Å². The van der Waals surface area contributed by atoms with Crippen molar-refractivity contribution in [2.24, 2.45) is 0 Å². The number of rotatable bonds is 0. The molecule has 1 aromatic heterocycles. The number of hydrogen-bond donors (Lipinski definition) is 0. The van der Waals surface area contributed by atoms with Gasteiger partial charge in [-0.15, -0.1) is 0 Å². The Balaban J connectivity index is 0.000000490. The average Bonchev–Trinajstić information content (AvgIpc) is 1.69. The summed E-state index contributed by atoms with van der Waals surface area (Å²) in [5.41, 5.74) is 0. The first-order valence-electron chi connectivity index (χ1n) is 1.99. The van der Waals surface area contributed by atoms with E-state index in [2.05, 4.69) is 4.98 Å². The van der Waals surface area contributed by atoms with Crippen molar-refractivity contribution in [3.05, 3.63) is 24.4 Å². The molecule has 0 amide bonds. The van der Waals surface area contributed by atoms with Gasteiger partial charge in [0, 0.05) is 32.7 Å². The van der Waals surface area contributed by atoms with Crippen LogP contribution in [-0.4, -0.2) is 29.7 Å². The molecule has 1 rings (SSSR count). The van der Waals surface area contributed by atoms with Gasteiger partial charge in [0.2, 0.25) is 0 Å². The Morgan fingerprint density at radius 3 is 2.38 bits per heavy atom. The van der Waals surface area contributed by atoms with Crippen molar-refractivity contribution in [3.63, 3.8) is 0 Å². The van der Waals surface area contributed by atoms with E-state index in [4.69, 9.17) is 0 Å². The van der Waals surface area contributed by atoms with Crippen LogP contribution < -0.4 is 3.40 Å². The van der Waals surface area contributed by atoms with E-state index in [9.17, 15) is 0 Å². The van der Waals surface area contributed by atoms with Crippen LogP contribution in [0.4, 0.5) is 0 Å². The summed E-state index contributed by atoms with van der Waals surface area (Å²) in [5.74, 6) is 0. The molecule has 0 saturated heterocycles. The van der Waals surface area contributed by atoms with E-state index in [0.29, 0.717) is 0 Å². The summed E-state index contributed by atoms with van der Waals surface area (Å²) in [6.07, 6.45) is 1.81. The monoisotopic (exact) mass is 376 g/mol. The number of nitrogens with zero attached hydrogens (tertiary/aromatic N) is 1. The molecular formula is C5H4BiNY. The molecule has 0 saturated carbocycles. The summed E-state index contributed by atoms with van der Waals surface area (Å²) in [6.45, 7) is 0. The van der Waals surface area contributed by atoms with E-state index in [1.54, 1.807) is 0 Å². The molecule has 0 unspecified atom stereocenters. The quantitative estimate of drug-likeness (QED) is 0.576. The van der Waals surface area contributed by atoms with Crippen molar-refractivity contribution in [2.75, 3.05) is 0 Å². The molecule has 0 N–H and O–H groups in total. The van der Waals surface area contributed by atoms with Crippen molar-refractivity contribution >= 4 is 28.1 Å². The zero-order valence-corrected chi connectivity index (χ0v) is 10.6. The molecule has 0 aliphatic carbocycles. The summed E-state index contributed by atoms with van der Waals surface area (Å²) >= 11 is 1.24. The summed E-state index contributed by atoms with van der Waals surface area (Å²) < 4.78 is 1.18. The van der Waals surface area contributed by atoms with Gasteiger partial charge in [0.15, 0.2) is 0 Å². The fourth-order valence-electron chi connectivity index (χ4n) is 0.354. The Labute approximate surface area is 89.0 Å². The predicted molar refractivity (Wildman–Crippen MR) is 29.6 cm³/mol. The Bertz CT molecular complexity index is 142. The van der Waals surface area contributed by atoms with Gasteiger partial charge in [-0.05, 0) is 0 Å². The molecule has 3 radical (unpaired) electrons. The van der Waals surface area contributed by atoms with Crippen molar-refractivity contribution in [1.29, 1.82) is 0 Å². The first-order chi connectivity index (χ1) is 3.39. The summed E-state index contributed by atoms with van der Waals surface area (Å²) in [6, 6.07) is 5.95. The van der Waals surface area contributed by atoms with Gasteiger partial charge in [-0.2, -0.15) is 0 Å². The second-order valence-corrected chi connectivity index (χ2v) is 2.97. The second kappa shape index (κ2) is 4.96. The molecule has 0 fully saturated rings. The minimum absolute atomic E-state index is 0. The molecule has 1 nitrogen and oxygen atoms in total. The fourth-order valence-corrected chi connectivity index (χ4v) is 0.947. The summed E-state index contributed by atoms with van der Waals surface area (Å²) in [7, 11) is 0. The second-order valence-electron chi connectivity index (χ2n) is 1.19. The van der Waals surface area contributed by atoms with E-state index in [1.165, 1.54) is 28.1 Å². The first kappa shape index (κ1) is 9.14. The largest absolute Gasteiger partial charge is 0 e. The number of pyridine rings is 1. The maximum Gasteiger partial charge on any atom is 0 e. The third-order valence-electron chi connectivity index (χ3n) is 0.649. The average molecular weight is 376 g/mol. The van der Waals surface area contributed by atoms with Crippen LogP contribution in [0.2, 0.25) is 0 Å². The molecule has 1 heterocycles. The molecule has 0 aliphatic heterocycles. The topological polar surface area (TPSA) is 12.9 Å². The summed E-state index contributed by atoms with van der Waals surface area (Å²) in [4.78, 5) is 4.03. The van der Waals surface area contributed by atoms with Gasteiger partial charge in [-0.1, -0.05) is 0 Å². The van der Waals surface area contributed by atoms with Crippen LogP contribution in [-0.2, 0) is 32.7 Å². The maximum atomic E-state index is 4.03. The van der Waals surface area contributed by atoms with Crippen LogP contribution in [0.15, 0.2) is 24.4 Å². The van der Waals surface area contributed by atoms with Crippen LogP contribution in [0.3, 0.4) is 0 Å². The van der Waals surface area contributed by atoms with E-state index >= 15 is 0 Å². The standard InChI is InChI=1S/C5H4N.Bi.Y/c1-2-4-6-5-3-1;;/h1-4H;;. The smallest absolute Gasteiger partial charge is 0 e. The van der Waals surface area contributed by atoms with Gasteiger partial charge in [0.05, 0.1) is 0 Å². The molecule has 8 heavy (non-hydrogen) atoms. The molecule has 0 atom stereocenters. The van der Waals surface area contributed by atoms with Gasteiger partial charge >= 0.3 is 57.5 Å². The zero-order chi connectivity index (χ0) is 5.11. The van der Waals surface area contributed by atoms with Gasteiger partial charge in [0.1, 0.15) is 0 Å². The van der Waals surface area contributed by atoms with Crippen LogP contribution in [0.1, 0.15) is 0 Å². The predicted octanol–water partition coefficient (Wildman–Crippen LogP) is -0.127. The maximum absolute atomic E-state index is 4.03.